The number of benzene rings is 1. The third-order valence-corrected chi connectivity index (χ3v) is 9.85. The van der Waals surface area contributed by atoms with Gasteiger partial charge in [0.2, 0.25) is 0 Å². The van der Waals surface area contributed by atoms with Crippen LogP contribution in [0.1, 0.15) is 76.6 Å². The molecule has 3 saturated carbocycles. The van der Waals surface area contributed by atoms with E-state index < -0.39 is 42.1 Å². The zero-order valence-corrected chi connectivity index (χ0v) is 27.5. The zero-order valence-electron chi connectivity index (χ0n) is 26.7. The highest BCUT2D eigenvalue weighted by Crippen LogP contribution is 2.53. The number of ether oxygens (including phenoxy) is 3. The molecule has 256 valence electrons. The fraction of sp³-hybridized carbons (Fsp3) is 0.581. The number of nitrogens with zero attached hydrogens (tertiary/aromatic N) is 4. The predicted molar refractivity (Wildman–Crippen MR) is 164 cm³/mol. The molecule has 47 heavy (non-hydrogen) atoms. The van der Waals surface area contributed by atoms with Gasteiger partial charge in [0.05, 0.1) is 37.0 Å². The molecule has 1 saturated heterocycles. The minimum absolute atomic E-state index is 0.0359. The second-order valence-electron chi connectivity index (χ2n) is 13.7. The third kappa shape index (κ3) is 6.33. The molecular formula is C31H40ClF2N7O6. The van der Waals surface area contributed by atoms with Gasteiger partial charge in [-0.25, -0.2) is 23.7 Å². The van der Waals surface area contributed by atoms with Crippen LogP contribution in [0.5, 0.6) is 0 Å². The molecule has 1 aromatic heterocycles. The van der Waals surface area contributed by atoms with E-state index in [1.54, 1.807) is 4.68 Å². The molecule has 7 rings (SSSR count). The Labute approximate surface area is 275 Å². The van der Waals surface area contributed by atoms with Crippen molar-refractivity contribution in [2.24, 2.45) is 0 Å². The minimum atomic E-state index is -1.15. The Morgan fingerprint density at radius 3 is 2.53 bits per heavy atom. The van der Waals surface area contributed by atoms with Gasteiger partial charge in [0.1, 0.15) is 17.9 Å². The van der Waals surface area contributed by atoms with Crippen molar-refractivity contribution < 1.29 is 38.0 Å². The summed E-state index contributed by atoms with van der Waals surface area (Å²) in [6.07, 6.45) is 5.60. The largest absolute Gasteiger partial charge is 0.503 e. The Hall–Kier alpha value is -3.66. The molecule has 2 aromatic rings. The Morgan fingerprint density at radius 1 is 1.19 bits per heavy atom. The van der Waals surface area contributed by atoms with Crippen molar-refractivity contribution in [1.29, 1.82) is 0 Å². The number of hydrogen-bond acceptors (Lipinski definition) is 11. The molecule has 16 heteroatoms. The van der Waals surface area contributed by atoms with E-state index in [0.29, 0.717) is 0 Å². The van der Waals surface area contributed by atoms with E-state index in [0.717, 1.165) is 44.2 Å². The number of nitrogens with one attached hydrogen (secondary N) is 3. The van der Waals surface area contributed by atoms with Crippen LogP contribution < -0.4 is 16.3 Å². The lowest BCUT2D eigenvalue weighted by Crippen LogP contribution is -2.58. The van der Waals surface area contributed by atoms with E-state index in [2.05, 4.69) is 26.6 Å². The van der Waals surface area contributed by atoms with Gasteiger partial charge < -0.3 is 29.7 Å². The number of methoxy groups -OCH3 is 1. The second-order valence-corrected chi connectivity index (χ2v) is 14.1. The molecule has 1 unspecified atom stereocenters. The van der Waals surface area contributed by atoms with Crippen molar-refractivity contribution in [3.05, 3.63) is 69.2 Å². The van der Waals surface area contributed by atoms with E-state index >= 15 is 0 Å². The van der Waals surface area contributed by atoms with Gasteiger partial charge in [-0.1, -0.05) is 22.9 Å². The second kappa shape index (κ2) is 12.4. The van der Waals surface area contributed by atoms with E-state index in [1.165, 1.54) is 24.3 Å². The van der Waals surface area contributed by atoms with Crippen LogP contribution in [0.4, 0.5) is 13.6 Å². The average Bonchev–Trinajstić information content (AvgIpc) is 3.71. The normalized spacial score (nSPS) is 27.7. The van der Waals surface area contributed by atoms with E-state index in [1.807, 2.05) is 27.0 Å². The van der Waals surface area contributed by atoms with Crippen LogP contribution in [-0.2, 0) is 26.2 Å². The van der Waals surface area contributed by atoms with Gasteiger partial charge in [-0.15, -0.1) is 5.10 Å². The molecule has 3 aliphatic carbocycles. The molecule has 5 N–H and O–H groups in total. The first-order chi connectivity index (χ1) is 22.3. The highest BCUT2D eigenvalue weighted by molar-refractivity contribution is 6.30. The fourth-order valence-electron chi connectivity index (χ4n) is 7.04. The summed E-state index contributed by atoms with van der Waals surface area (Å²) < 4.78 is 47.7. The number of amides is 1. The number of hydrogen-bond donors (Lipinski definition) is 5. The van der Waals surface area contributed by atoms with Crippen LogP contribution in [0.3, 0.4) is 0 Å². The van der Waals surface area contributed by atoms with Crippen LogP contribution in [-0.4, -0.2) is 73.8 Å². The number of carbonyl (C=O) groups is 1. The molecule has 1 aromatic carbocycles. The molecule has 3 heterocycles. The molecule has 5 aliphatic rings. The molecule has 0 spiro atoms. The standard InChI is InChI=1S/C31H40ClF2N7O6/c1-29(2,3)47-28(44)35-31-10-7-30(8-11-31,9-12-31)22-15-40(38-37-22)14-20-27(45-4)25(26(43)21(16-42)46-20)41-13-19(36-39-41)17-5-6-18(32)24(34)23(17)33/h5-6,15,19-20,36,39,42-43H,7-14,16H2,1-4H3,(H,35,44)/t19?,20-,30?,31?/m1/s1. The lowest BCUT2D eigenvalue weighted by atomic mass is 9.56. The summed E-state index contributed by atoms with van der Waals surface area (Å²) in [6.45, 7) is 5.13. The Balaban J connectivity index is 1.18. The molecule has 4 fully saturated rings. The topological polar surface area (TPSA) is 155 Å². The summed E-state index contributed by atoms with van der Waals surface area (Å²) in [5.41, 5.74) is 5.79. The molecule has 2 aliphatic heterocycles. The Morgan fingerprint density at radius 2 is 1.89 bits per heavy atom. The summed E-state index contributed by atoms with van der Waals surface area (Å²) in [6, 6.07) is 1.93. The smallest absolute Gasteiger partial charge is 0.408 e. The average molecular weight is 680 g/mol. The minimum Gasteiger partial charge on any atom is -0.503 e. The number of halogens is 3. The first-order valence-electron chi connectivity index (χ1n) is 15.6. The maximum atomic E-state index is 14.7. The van der Waals surface area contributed by atoms with Crippen LogP contribution in [0, 0.1) is 11.6 Å². The van der Waals surface area contributed by atoms with Crippen LogP contribution in [0.2, 0.25) is 5.02 Å². The molecule has 2 atom stereocenters. The van der Waals surface area contributed by atoms with Crippen molar-refractivity contribution in [1.82, 2.24) is 36.3 Å². The van der Waals surface area contributed by atoms with Crippen LogP contribution in [0.15, 0.2) is 41.3 Å². The number of aliphatic hydroxyl groups excluding tert-OH is 2. The summed E-state index contributed by atoms with van der Waals surface area (Å²) in [7, 11) is 1.42. The first-order valence-corrected chi connectivity index (χ1v) is 16.0. The number of aliphatic hydroxyl groups is 2. The summed E-state index contributed by atoms with van der Waals surface area (Å²) in [5.74, 6) is -2.47. The maximum absolute atomic E-state index is 14.7. The lowest BCUT2D eigenvalue weighted by Gasteiger charge is -2.52. The van der Waals surface area contributed by atoms with Gasteiger partial charge in [-0.2, -0.15) is 5.53 Å². The van der Waals surface area contributed by atoms with Gasteiger partial charge in [-0.05, 0) is 65.4 Å². The van der Waals surface area contributed by atoms with Gasteiger partial charge in [0.15, 0.2) is 35.0 Å². The van der Waals surface area contributed by atoms with Crippen molar-refractivity contribution in [2.45, 2.75) is 94.5 Å². The van der Waals surface area contributed by atoms with Gasteiger partial charge >= 0.3 is 6.09 Å². The van der Waals surface area contributed by atoms with Crippen molar-refractivity contribution >= 4 is 17.7 Å². The summed E-state index contributed by atoms with van der Waals surface area (Å²) in [5, 5.41) is 34.3. The number of hydrazine groups is 2. The summed E-state index contributed by atoms with van der Waals surface area (Å²) >= 11 is 5.73. The molecular weight excluding hydrogens is 640 g/mol. The Bertz CT molecular complexity index is 1580. The molecule has 0 radical (unpaired) electrons. The van der Waals surface area contributed by atoms with Gasteiger partial charge in [0, 0.05) is 22.7 Å². The number of alkyl carbamates (subject to hydrolysis) is 1. The maximum Gasteiger partial charge on any atom is 0.408 e. The fourth-order valence-corrected chi connectivity index (χ4v) is 7.19. The van der Waals surface area contributed by atoms with Crippen molar-refractivity contribution in [2.75, 3.05) is 20.3 Å². The van der Waals surface area contributed by atoms with Crippen molar-refractivity contribution in [3.8, 4) is 0 Å². The SMILES string of the molecule is COC1=C(N2CC(c3ccc(Cl)c(F)c3F)NN2)C(O)=C(CO)O[C@@H]1Cn1cc(C23CCC(NC(=O)OC(C)(C)C)(CC2)CC3)nn1. The predicted octanol–water partition coefficient (Wildman–Crippen LogP) is 4.16. The number of aromatic nitrogens is 3. The first kappa shape index (κ1) is 33.2. The third-order valence-electron chi connectivity index (χ3n) is 9.56. The van der Waals surface area contributed by atoms with E-state index in [4.69, 9.17) is 25.8 Å². The monoisotopic (exact) mass is 679 g/mol. The highest BCUT2D eigenvalue weighted by Gasteiger charge is 2.52. The quantitative estimate of drug-likeness (QED) is 0.256. The zero-order chi connectivity index (χ0) is 33.7. The summed E-state index contributed by atoms with van der Waals surface area (Å²) in [4.78, 5) is 12.5. The van der Waals surface area contributed by atoms with E-state index in [-0.39, 0.29) is 57.6 Å². The highest BCUT2D eigenvalue weighted by atomic mass is 35.5. The van der Waals surface area contributed by atoms with Gasteiger partial charge in [-0.3, -0.25) is 5.01 Å². The van der Waals surface area contributed by atoms with Gasteiger partial charge in [0.25, 0.3) is 0 Å². The number of carbonyl (C=O) groups excluding carboxylic acids is 1. The molecule has 13 nitrogen and oxygen atoms in total. The van der Waals surface area contributed by atoms with Crippen molar-refractivity contribution in [3.63, 3.8) is 0 Å². The van der Waals surface area contributed by atoms with Crippen LogP contribution in [0.25, 0.3) is 0 Å². The van der Waals surface area contributed by atoms with Crippen LogP contribution >= 0.6 is 11.6 Å². The number of fused-ring (bicyclic) bond motifs is 3. The molecule has 2 bridgehead atoms. The number of rotatable bonds is 8. The lowest BCUT2D eigenvalue weighted by molar-refractivity contribution is 0.0252. The Kier molecular flexibility index (Phi) is 8.78. The van der Waals surface area contributed by atoms with E-state index in [9.17, 15) is 23.8 Å². The molecule has 1 amide bonds.